The molecule has 6 nitrogen and oxygen atoms in total. The predicted molar refractivity (Wildman–Crippen MR) is 73.9 cm³/mol. The Morgan fingerprint density at radius 3 is 2.55 bits per heavy atom. The summed E-state index contributed by atoms with van der Waals surface area (Å²) in [5.74, 6) is 1.80. The lowest BCUT2D eigenvalue weighted by atomic mass is 10.2. The highest BCUT2D eigenvalue weighted by Gasteiger charge is 2.18. The molecule has 1 aromatic carbocycles. The molecule has 2 rings (SSSR count). The summed E-state index contributed by atoms with van der Waals surface area (Å²) in [6.45, 7) is 5.72. The zero-order valence-electron chi connectivity index (χ0n) is 11.8. The number of nitrogens with zero attached hydrogens (tertiary/aromatic N) is 1. The van der Waals surface area contributed by atoms with E-state index in [0.29, 0.717) is 36.9 Å². The zero-order valence-corrected chi connectivity index (χ0v) is 11.8. The second-order valence-corrected chi connectivity index (χ2v) is 4.37. The fourth-order valence-corrected chi connectivity index (χ4v) is 2.07. The Hall–Kier alpha value is -1.95. The lowest BCUT2D eigenvalue weighted by Gasteiger charge is -2.19. The van der Waals surface area contributed by atoms with Gasteiger partial charge in [0.05, 0.1) is 0 Å². The molecule has 0 aromatic heterocycles. The van der Waals surface area contributed by atoms with E-state index < -0.39 is 0 Å². The minimum Gasteiger partial charge on any atom is -0.483 e. The van der Waals surface area contributed by atoms with Crippen LogP contribution in [0, 0.1) is 0 Å². The number of amides is 1. The molecule has 0 radical (unpaired) electrons. The van der Waals surface area contributed by atoms with E-state index in [2.05, 4.69) is 0 Å². The fraction of sp³-hybridized carbons (Fsp3) is 0.500. The van der Waals surface area contributed by atoms with Crippen molar-refractivity contribution >= 4 is 5.91 Å². The quantitative estimate of drug-likeness (QED) is 0.845. The first-order chi connectivity index (χ1) is 9.69. The summed E-state index contributed by atoms with van der Waals surface area (Å²) in [6, 6.07) is 3.51. The molecule has 110 valence electrons. The summed E-state index contributed by atoms with van der Waals surface area (Å²) in [4.78, 5) is 13.6. The highest BCUT2D eigenvalue weighted by atomic mass is 16.7. The van der Waals surface area contributed by atoms with Crippen LogP contribution in [0.15, 0.2) is 12.1 Å². The maximum atomic E-state index is 11.9. The monoisotopic (exact) mass is 280 g/mol. The summed E-state index contributed by atoms with van der Waals surface area (Å²) in [5.41, 5.74) is 6.48. The van der Waals surface area contributed by atoms with Crippen LogP contribution in [0.4, 0.5) is 0 Å². The van der Waals surface area contributed by atoms with Gasteiger partial charge in [0.25, 0.3) is 5.91 Å². The van der Waals surface area contributed by atoms with Gasteiger partial charge in [0, 0.05) is 31.3 Å². The lowest BCUT2D eigenvalue weighted by molar-refractivity contribution is -0.132. The number of carbonyl (C=O) groups is 1. The van der Waals surface area contributed by atoms with Crippen molar-refractivity contribution in [3.05, 3.63) is 17.7 Å². The Labute approximate surface area is 118 Å². The molecule has 0 saturated heterocycles. The first kappa shape index (κ1) is 14.5. The minimum absolute atomic E-state index is 0.00563. The summed E-state index contributed by atoms with van der Waals surface area (Å²) in [5, 5.41) is 0. The number of hydrogen-bond acceptors (Lipinski definition) is 5. The van der Waals surface area contributed by atoms with Gasteiger partial charge in [-0.1, -0.05) is 0 Å². The van der Waals surface area contributed by atoms with Crippen molar-refractivity contribution in [1.29, 1.82) is 0 Å². The van der Waals surface area contributed by atoms with Crippen LogP contribution in [0.3, 0.4) is 0 Å². The van der Waals surface area contributed by atoms with Crippen molar-refractivity contribution in [2.45, 2.75) is 20.4 Å². The molecule has 0 unspecified atom stereocenters. The second-order valence-electron chi connectivity index (χ2n) is 4.37. The molecule has 2 N–H and O–H groups in total. The van der Waals surface area contributed by atoms with E-state index in [0.717, 1.165) is 5.56 Å². The molecular formula is C14H20N2O4. The average molecular weight is 280 g/mol. The number of nitrogens with two attached hydrogens (primary N) is 1. The van der Waals surface area contributed by atoms with Crippen LogP contribution < -0.4 is 19.9 Å². The lowest BCUT2D eigenvalue weighted by Crippen LogP contribution is -2.34. The van der Waals surface area contributed by atoms with Crippen molar-refractivity contribution in [2.75, 3.05) is 26.5 Å². The SMILES string of the molecule is CCN(CC)C(=O)COc1cc2c(cc1CN)OCO2. The topological polar surface area (TPSA) is 74.0 Å². The Morgan fingerprint density at radius 2 is 1.95 bits per heavy atom. The van der Waals surface area contributed by atoms with Gasteiger partial charge in [-0.2, -0.15) is 0 Å². The molecule has 1 aromatic rings. The molecule has 1 aliphatic heterocycles. The Bertz CT molecular complexity index is 486. The van der Waals surface area contributed by atoms with E-state index in [1.54, 1.807) is 17.0 Å². The molecule has 0 aliphatic carbocycles. The van der Waals surface area contributed by atoms with Crippen LogP contribution in [-0.4, -0.2) is 37.3 Å². The van der Waals surface area contributed by atoms with Crippen molar-refractivity contribution in [3.8, 4) is 17.2 Å². The third kappa shape index (κ3) is 2.96. The van der Waals surface area contributed by atoms with Crippen molar-refractivity contribution in [2.24, 2.45) is 5.73 Å². The first-order valence-corrected chi connectivity index (χ1v) is 6.72. The molecule has 20 heavy (non-hydrogen) atoms. The smallest absolute Gasteiger partial charge is 0.260 e. The number of ether oxygens (including phenoxy) is 3. The summed E-state index contributed by atoms with van der Waals surface area (Å²) < 4.78 is 16.2. The van der Waals surface area contributed by atoms with Gasteiger partial charge in [0.15, 0.2) is 18.1 Å². The largest absolute Gasteiger partial charge is 0.483 e. The Kier molecular flexibility index (Phi) is 4.68. The Morgan fingerprint density at radius 1 is 1.30 bits per heavy atom. The van der Waals surface area contributed by atoms with Gasteiger partial charge in [0.2, 0.25) is 6.79 Å². The molecule has 1 heterocycles. The van der Waals surface area contributed by atoms with Gasteiger partial charge >= 0.3 is 0 Å². The van der Waals surface area contributed by atoms with Crippen molar-refractivity contribution in [3.63, 3.8) is 0 Å². The van der Waals surface area contributed by atoms with E-state index in [-0.39, 0.29) is 19.3 Å². The number of benzene rings is 1. The van der Waals surface area contributed by atoms with Crippen LogP contribution in [0.25, 0.3) is 0 Å². The highest BCUT2D eigenvalue weighted by molar-refractivity contribution is 5.77. The number of likely N-dealkylation sites (N-methyl/N-ethyl adjacent to an activating group) is 1. The van der Waals surface area contributed by atoms with Gasteiger partial charge in [-0.3, -0.25) is 4.79 Å². The van der Waals surface area contributed by atoms with Crippen molar-refractivity contribution < 1.29 is 19.0 Å². The van der Waals surface area contributed by atoms with Crippen LogP contribution in [0.1, 0.15) is 19.4 Å². The zero-order chi connectivity index (χ0) is 14.5. The Balaban J connectivity index is 2.07. The molecule has 0 fully saturated rings. The number of hydrogen-bond donors (Lipinski definition) is 1. The molecule has 0 bridgehead atoms. The molecule has 1 aliphatic rings. The summed E-state index contributed by atoms with van der Waals surface area (Å²) in [6.07, 6.45) is 0. The molecular weight excluding hydrogens is 260 g/mol. The normalized spacial score (nSPS) is 12.3. The van der Waals surface area contributed by atoms with E-state index in [4.69, 9.17) is 19.9 Å². The third-order valence-corrected chi connectivity index (χ3v) is 3.24. The highest BCUT2D eigenvalue weighted by Crippen LogP contribution is 2.37. The molecule has 1 amide bonds. The van der Waals surface area contributed by atoms with Gasteiger partial charge in [0.1, 0.15) is 5.75 Å². The predicted octanol–water partition coefficient (Wildman–Crippen LogP) is 1.12. The molecule has 6 heteroatoms. The van der Waals surface area contributed by atoms with Crippen LogP contribution in [-0.2, 0) is 11.3 Å². The van der Waals surface area contributed by atoms with Crippen LogP contribution in [0.5, 0.6) is 17.2 Å². The maximum Gasteiger partial charge on any atom is 0.260 e. The number of carbonyl (C=O) groups excluding carboxylic acids is 1. The van der Waals surface area contributed by atoms with Gasteiger partial charge in [-0.25, -0.2) is 0 Å². The van der Waals surface area contributed by atoms with E-state index in [1.807, 2.05) is 13.8 Å². The summed E-state index contributed by atoms with van der Waals surface area (Å²) in [7, 11) is 0. The van der Waals surface area contributed by atoms with E-state index in [1.165, 1.54) is 0 Å². The van der Waals surface area contributed by atoms with Crippen LogP contribution in [0.2, 0.25) is 0 Å². The number of rotatable bonds is 6. The number of fused-ring (bicyclic) bond motifs is 1. The second kappa shape index (κ2) is 6.47. The minimum atomic E-state index is -0.0457. The molecule has 0 saturated carbocycles. The van der Waals surface area contributed by atoms with Gasteiger partial charge in [-0.15, -0.1) is 0 Å². The fourth-order valence-electron chi connectivity index (χ4n) is 2.07. The molecule has 0 atom stereocenters. The third-order valence-electron chi connectivity index (χ3n) is 3.24. The van der Waals surface area contributed by atoms with Crippen LogP contribution >= 0.6 is 0 Å². The molecule has 0 spiro atoms. The van der Waals surface area contributed by atoms with Gasteiger partial charge < -0.3 is 24.8 Å². The standard InChI is InChI=1S/C14H20N2O4/c1-3-16(4-2)14(17)8-18-11-6-13-12(19-9-20-13)5-10(11)7-15/h5-6H,3-4,7-9,15H2,1-2H3. The van der Waals surface area contributed by atoms with E-state index >= 15 is 0 Å². The van der Waals surface area contributed by atoms with Crippen molar-refractivity contribution in [1.82, 2.24) is 4.90 Å². The van der Waals surface area contributed by atoms with E-state index in [9.17, 15) is 4.79 Å². The summed E-state index contributed by atoms with van der Waals surface area (Å²) >= 11 is 0. The first-order valence-electron chi connectivity index (χ1n) is 6.72. The average Bonchev–Trinajstić information content (AvgIpc) is 2.92. The maximum absolute atomic E-state index is 11.9. The van der Waals surface area contributed by atoms with Gasteiger partial charge in [-0.05, 0) is 19.9 Å².